The summed E-state index contributed by atoms with van der Waals surface area (Å²) < 4.78 is 0. The summed E-state index contributed by atoms with van der Waals surface area (Å²) in [4.78, 5) is 22.4. The molecule has 110 valence electrons. The molecule has 0 spiro atoms. The maximum Gasteiger partial charge on any atom is 0.294 e. The van der Waals surface area contributed by atoms with E-state index in [4.69, 9.17) is 11.6 Å². The predicted octanol–water partition coefficient (Wildman–Crippen LogP) is 2.28. The summed E-state index contributed by atoms with van der Waals surface area (Å²) in [5.41, 5.74) is 2.67. The van der Waals surface area contributed by atoms with Gasteiger partial charge in [0.1, 0.15) is 5.69 Å². The van der Waals surface area contributed by atoms with Crippen molar-refractivity contribution in [1.82, 2.24) is 10.4 Å². The number of rotatable bonds is 6. The number of hydrazine groups is 1. The minimum absolute atomic E-state index is 0.137. The quantitative estimate of drug-likeness (QED) is 0.621. The summed E-state index contributed by atoms with van der Waals surface area (Å²) in [6.07, 6.45) is 0.802. The molecular formula is C12H17ClN4O3. The number of amides is 1. The van der Waals surface area contributed by atoms with Gasteiger partial charge in [-0.15, -0.1) is 0 Å². The van der Waals surface area contributed by atoms with Gasteiger partial charge in [0, 0.05) is 32.3 Å². The van der Waals surface area contributed by atoms with Crippen molar-refractivity contribution >= 4 is 28.9 Å². The fraction of sp³-hybridized carbons (Fsp3) is 0.417. The standard InChI is InChI=1S/C12H17ClN4O3/c1-4-5-14-11-9(13)6-8(7-10(11)17(19)20)12(18)15-16(2)3/h6-7,14H,4-5H2,1-3H3,(H,15,18). The molecular weight excluding hydrogens is 284 g/mol. The zero-order valence-electron chi connectivity index (χ0n) is 11.6. The first-order valence-corrected chi connectivity index (χ1v) is 6.44. The van der Waals surface area contributed by atoms with E-state index in [1.807, 2.05) is 6.92 Å². The molecule has 7 nitrogen and oxygen atoms in total. The second kappa shape index (κ2) is 7.06. The highest BCUT2D eigenvalue weighted by Crippen LogP contribution is 2.33. The number of hydrogen-bond acceptors (Lipinski definition) is 5. The van der Waals surface area contributed by atoms with Gasteiger partial charge in [-0.1, -0.05) is 18.5 Å². The van der Waals surface area contributed by atoms with Crippen molar-refractivity contribution in [3.8, 4) is 0 Å². The number of anilines is 1. The van der Waals surface area contributed by atoms with E-state index in [2.05, 4.69) is 10.7 Å². The Kier molecular flexibility index (Phi) is 5.72. The van der Waals surface area contributed by atoms with Gasteiger partial charge >= 0.3 is 0 Å². The van der Waals surface area contributed by atoms with Crippen molar-refractivity contribution in [3.63, 3.8) is 0 Å². The average Bonchev–Trinajstić information content (AvgIpc) is 2.35. The van der Waals surface area contributed by atoms with Gasteiger partial charge in [0.15, 0.2) is 0 Å². The number of nitro benzene ring substituents is 1. The molecule has 1 aromatic carbocycles. The number of hydrogen-bond donors (Lipinski definition) is 2. The van der Waals surface area contributed by atoms with E-state index >= 15 is 0 Å². The molecule has 0 unspecified atom stereocenters. The van der Waals surface area contributed by atoms with Crippen LogP contribution in [0.1, 0.15) is 23.7 Å². The molecule has 0 saturated heterocycles. The highest BCUT2D eigenvalue weighted by Gasteiger charge is 2.21. The topological polar surface area (TPSA) is 87.5 Å². The normalized spacial score (nSPS) is 10.4. The first kappa shape index (κ1) is 16.2. The van der Waals surface area contributed by atoms with Gasteiger partial charge in [-0.25, -0.2) is 5.01 Å². The number of halogens is 1. The van der Waals surface area contributed by atoms with Gasteiger partial charge in [0.05, 0.1) is 9.95 Å². The lowest BCUT2D eigenvalue weighted by Gasteiger charge is -2.13. The lowest BCUT2D eigenvalue weighted by molar-refractivity contribution is -0.384. The van der Waals surface area contributed by atoms with Gasteiger partial charge in [-0.05, 0) is 12.5 Å². The maximum absolute atomic E-state index is 11.9. The second-order valence-electron chi connectivity index (χ2n) is 4.37. The van der Waals surface area contributed by atoms with Gasteiger partial charge in [-0.3, -0.25) is 20.3 Å². The molecule has 0 saturated carbocycles. The Morgan fingerprint density at radius 3 is 2.60 bits per heavy atom. The first-order valence-electron chi connectivity index (χ1n) is 6.07. The SMILES string of the molecule is CCCNc1c(Cl)cc(C(=O)NN(C)C)cc1[N+](=O)[O-]. The Bertz CT molecular complexity index is 520. The lowest BCUT2D eigenvalue weighted by Crippen LogP contribution is -2.36. The molecule has 0 radical (unpaired) electrons. The van der Waals surface area contributed by atoms with E-state index in [0.29, 0.717) is 6.54 Å². The molecule has 1 aromatic rings. The smallest absolute Gasteiger partial charge is 0.294 e. The second-order valence-corrected chi connectivity index (χ2v) is 4.78. The fourth-order valence-corrected chi connectivity index (χ4v) is 1.84. The van der Waals surface area contributed by atoms with Crippen molar-refractivity contribution in [2.45, 2.75) is 13.3 Å². The minimum Gasteiger partial charge on any atom is -0.378 e. The van der Waals surface area contributed by atoms with Crippen molar-refractivity contribution in [1.29, 1.82) is 0 Å². The van der Waals surface area contributed by atoms with Crippen molar-refractivity contribution in [2.24, 2.45) is 0 Å². The third-order valence-electron chi connectivity index (χ3n) is 2.41. The highest BCUT2D eigenvalue weighted by atomic mass is 35.5. The third-order valence-corrected chi connectivity index (χ3v) is 2.70. The molecule has 0 aliphatic carbocycles. The van der Waals surface area contributed by atoms with E-state index in [1.54, 1.807) is 14.1 Å². The number of carbonyl (C=O) groups excluding carboxylic acids is 1. The van der Waals surface area contributed by atoms with Gasteiger partial charge < -0.3 is 5.32 Å². The number of nitrogens with zero attached hydrogens (tertiary/aromatic N) is 2. The molecule has 20 heavy (non-hydrogen) atoms. The summed E-state index contributed by atoms with van der Waals surface area (Å²) >= 11 is 6.03. The highest BCUT2D eigenvalue weighted by molar-refractivity contribution is 6.34. The molecule has 0 bridgehead atoms. The predicted molar refractivity (Wildman–Crippen MR) is 78.0 cm³/mol. The third kappa shape index (κ3) is 4.07. The average molecular weight is 301 g/mol. The molecule has 0 atom stereocenters. The number of carbonyl (C=O) groups is 1. The number of nitrogens with one attached hydrogen (secondary N) is 2. The van der Waals surface area contributed by atoms with E-state index < -0.39 is 10.8 Å². The molecule has 1 amide bonds. The van der Waals surface area contributed by atoms with Crippen LogP contribution in [0.2, 0.25) is 5.02 Å². The fourth-order valence-electron chi connectivity index (χ4n) is 1.56. The van der Waals surface area contributed by atoms with Crippen LogP contribution in [0.4, 0.5) is 11.4 Å². The van der Waals surface area contributed by atoms with Crippen molar-refractivity contribution in [3.05, 3.63) is 32.8 Å². The molecule has 1 rings (SSSR count). The van der Waals surface area contributed by atoms with Gasteiger partial charge in [0.2, 0.25) is 0 Å². The summed E-state index contributed by atoms with van der Waals surface area (Å²) in [5, 5.41) is 15.6. The Labute approximate surface area is 122 Å². The summed E-state index contributed by atoms with van der Waals surface area (Å²) in [7, 11) is 3.29. The van der Waals surface area contributed by atoms with Crippen LogP contribution in [0.25, 0.3) is 0 Å². The number of nitro groups is 1. The Hall–Kier alpha value is -1.86. The monoisotopic (exact) mass is 300 g/mol. The van der Waals surface area contributed by atoms with Gasteiger partial charge in [0.25, 0.3) is 11.6 Å². The summed E-state index contributed by atoms with van der Waals surface area (Å²) in [6, 6.07) is 2.62. The number of benzene rings is 1. The van der Waals surface area contributed by atoms with Crippen LogP contribution in [-0.2, 0) is 0 Å². The van der Waals surface area contributed by atoms with Crippen molar-refractivity contribution < 1.29 is 9.72 Å². The lowest BCUT2D eigenvalue weighted by atomic mass is 10.1. The van der Waals surface area contributed by atoms with Crippen LogP contribution in [0, 0.1) is 10.1 Å². The van der Waals surface area contributed by atoms with E-state index in [1.165, 1.54) is 17.1 Å². The Balaban J connectivity index is 3.19. The van der Waals surface area contributed by atoms with Crippen molar-refractivity contribution in [2.75, 3.05) is 26.0 Å². The van der Waals surface area contributed by atoms with E-state index in [0.717, 1.165) is 6.42 Å². The molecule has 0 fully saturated rings. The molecule has 0 aromatic heterocycles. The first-order chi connectivity index (χ1) is 9.36. The van der Waals surface area contributed by atoms with E-state index in [-0.39, 0.29) is 22.0 Å². The Morgan fingerprint density at radius 2 is 2.10 bits per heavy atom. The van der Waals surface area contributed by atoms with Crippen LogP contribution < -0.4 is 10.7 Å². The molecule has 0 aliphatic rings. The summed E-state index contributed by atoms with van der Waals surface area (Å²) in [5.74, 6) is -0.456. The molecule has 2 N–H and O–H groups in total. The van der Waals surface area contributed by atoms with Crippen LogP contribution in [0.3, 0.4) is 0 Å². The van der Waals surface area contributed by atoms with Crippen LogP contribution >= 0.6 is 11.6 Å². The maximum atomic E-state index is 11.9. The van der Waals surface area contributed by atoms with E-state index in [9.17, 15) is 14.9 Å². The summed E-state index contributed by atoms with van der Waals surface area (Å²) in [6.45, 7) is 2.50. The molecule has 0 heterocycles. The largest absolute Gasteiger partial charge is 0.378 e. The molecule has 0 aliphatic heterocycles. The minimum atomic E-state index is -0.559. The van der Waals surface area contributed by atoms with Crippen LogP contribution in [-0.4, -0.2) is 36.5 Å². The zero-order valence-corrected chi connectivity index (χ0v) is 12.3. The van der Waals surface area contributed by atoms with Crippen LogP contribution in [0.15, 0.2) is 12.1 Å². The Morgan fingerprint density at radius 1 is 1.45 bits per heavy atom. The van der Waals surface area contributed by atoms with Gasteiger partial charge in [-0.2, -0.15) is 0 Å². The van der Waals surface area contributed by atoms with Crippen LogP contribution in [0.5, 0.6) is 0 Å². The zero-order chi connectivity index (χ0) is 15.3. The molecule has 8 heteroatoms.